The van der Waals surface area contributed by atoms with Gasteiger partial charge >= 0.3 is 6.09 Å². The molecular formula is C19H21FN2O2. The van der Waals surface area contributed by atoms with Gasteiger partial charge in [-0.3, -0.25) is 5.32 Å². The van der Waals surface area contributed by atoms with Crippen molar-refractivity contribution in [2.24, 2.45) is 0 Å². The fourth-order valence-electron chi connectivity index (χ4n) is 3.01. The maximum absolute atomic E-state index is 13.5. The van der Waals surface area contributed by atoms with Crippen LogP contribution in [0.5, 0.6) is 0 Å². The molecule has 0 radical (unpaired) electrons. The number of benzene rings is 2. The number of carbonyl (C=O) groups excluding carboxylic acids is 1. The Kier molecular flexibility index (Phi) is 5.11. The van der Waals surface area contributed by atoms with Crippen molar-refractivity contribution in [2.45, 2.75) is 18.9 Å². The van der Waals surface area contributed by atoms with E-state index < -0.39 is 6.09 Å². The highest BCUT2D eigenvalue weighted by atomic mass is 19.1. The average molecular weight is 328 g/mol. The fourth-order valence-corrected chi connectivity index (χ4v) is 3.01. The van der Waals surface area contributed by atoms with Crippen molar-refractivity contribution in [3.8, 4) is 11.1 Å². The molecule has 1 fully saturated rings. The van der Waals surface area contributed by atoms with Crippen molar-refractivity contribution < 1.29 is 13.9 Å². The highest BCUT2D eigenvalue weighted by Crippen LogP contribution is 2.28. The van der Waals surface area contributed by atoms with E-state index in [1.807, 2.05) is 31.3 Å². The second kappa shape index (κ2) is 7.45. The Bertz CT molecular complexity index is 720. The summed E-state index contributed by atoms with van der Waals surface area (Å²) in [5.41, 5.74) is 2.07. The normalized spacial score (nSPS) is 17.7. The molecule has 24 heavy (non-hydrogen) atoms. The second-order valence-electron chi connectivity index (χ2n) is 6.06. The third-order valence-electron chi connectivity index (χ3n) is 4.38. The molecule has 4 nitrogen and oxygen atoms in total. The SMILES string of the molecule is CN1CCC[C@H]1COC(=O)Nc1ccccc1-c1cccc(F)c1. The van der Waals surface area contributed by atoms with Crippen molar-refractivity contribution >= 4 is 11.8 Å². The van der Waals surface area contributed by atoms with Crippen molar-refractivity contribution in [1.82, 2.24) is 4.90 Å². The van der Waals surface area contributed by atoms with Crippen LogP contribution < -0.4 is 5.32 Å². The number of amides is 1. The minimum atomic E-state index is -0.487. The summed E-state index contributed by atoms with van der Waals surface area (Å²) in [7, 11) is 2.04. The van der Waals surface area contributed by atoms with Crippen molar-refractivity contribution in [2.75, 3.05) is 25.5 Å². The Hall–Kier alpha value is -2.40. The average Bonchev–Trinajstić information content (AvgIpc) is 2.98. The zero-order valence-electron chi connectivity index (χ0n) is 13.7. The van der Waals surface area contributed by atoms with Gasteiger partial charge in [0.15, 0.2) is 0 Å². The summed E-state index contributed by atoms with van der Waals surface area (Å²) in [5, 5.41) is 2.77. The minimum absolute atomic E-state index is 0.286. The molecule has 3 rings (SSSR count). The number of likely N-dealkylation sites (N-methyl/N-ethyl adjacent to an activating group) is 1. The summed E-state index contributed by atoms with van der Waals surface area (Å²) in [5.74, 6) is -0.311. The molecule has 0 spiro atoms. The van der Waals surface area contributed by atoms with Gasteiger partial charge < -0.3 is 9.64 Å². The molecule has 1 amide bonds. The first-order chi connectivity index (χ1) is 11.6. The zero-order chi connectivity index (χ0) is 16.9. The lowest BCUT2D eigenvalue weighted by Crippen LogP contribution is -2.31. The number of likely N-dealkylation sites (tertiary alicyclic amines) is 1. The Morgan fingerprint density at radius 2 is 2.12 bits per heavy atom. The van der Waals surface area contributed by atoms with Crippen LogP contribution >= 0.6 is 0 Å². The summed E-state index contributed by atoms with van der Waals surface area (Å²) in [6.45, 7) is 1.42. The Morgan fingerprint density at radius 3 is 2.88 bits per heavy atom. The van der Waals surface area contributed by atoms with Gasteiger partial charge in [-0.1, -0.05) is 30.3 Å². The summed E-state index contributed by atoms with van der Waals surface area (Å²) in [6.07, 6.45) is 1.69. The van der Waals surface area contributed by atoms with Gasteiger partial charge in [-0.25, -0.2) is 9.18 Å². The van der Waals surface area contributed by atoms with Crippen LogP contribution in [0, 0.1) is 5.82 Å². The molecule has 2 aromatic carbocycles. The van der Waals surface area contributed by atoms with E-state index >= 15 is 0 Å². The third kappa shape index (κ3) is 3.92. The number of hydrogen-bond acceptors (Lipinski definition) is 3. The van der Waals surface area contributed by atoms with Gasteiger partial charge in [-0.15, -0.1) is 0 Å². The third-order valence-corrected chi connectivity index (χ3v) is 4.38. The summed E-state index contributed by atoms with van der Waals surface area (Å²) in [4.78, 5) is 14.3. The van der Waals surface area contributed by atoms with Gasteiger partial charge in [-0.05, 0) is 50.2 Å². The van der Waals surface area contributed by atoms with E-state index in [9.17, 15) is 9.18 Å². The molecule has 0 aromatic heterocycles. The minimum Gasteiger partial charge on any atom is -0.448 e. The van der Waals surface area contributed by atoms with E-state index in [2.05, 4.69) is 10.2 Å². The van der Waals surface area contributed by atoms with Crippen LogP contribution in [0.3, 0.4) is 0 Å². The molecule has 1 heterocycles. The van der Waals surface area contributed by atoms with Gasteiger partial charge in [0.2, 0.25) is 0 Å². The van der Waals surface area contributed by atoms with Gasteiger partial charge in [0.1, 0.15) is 12.4 Å². The Balaban J connectivity index is 1.68. The first-order valence-corrected chi connectivity index (χ1v) is 8.12. The molecule has 0 aliphatic carbocycles. The van der Waals surface area contributed by atoms with E-state index in [4.69, 9.17) is 4.74 Å². The van der Waals surface area contributed by atoms with Gasteiger partial charge in [0.25, 0.3) is 0 Å². The smallest absolute Gasteiger partial charge is 0.411 e. The number of para-hydroxylation sites is 1. The van der Waals surface area contributed by atoms with Gasteiger partial charge in [0, 0.05) is 11.6 Å². The predicted molar refractivity (Wildman–Crippen MR) is 92.5 cm³/mol. The standard InChI is InChI=1S/C19H21FN2O2/c1-22-11-5-8-16(22)13-24-19(23)21-18-10-3-2-9-17(18)14-6-4-7-15(20)12-14/h2-4,6-7,9-10,12,16H,5,8,11,13H2,1H3,(H,21,23)/t16-/m0/s1. The van der Waals surface area contributed by atoms with Gasteiger partial charge in [-0.2, -0.15) is 0 Å². The molecule has 0 saturated carbocycles. The van der Waals surface area contributed by atoms with Crippen LogP contribution in [0.2, 0.25) is 0 Å². The largest absolute Gasteiger partial charge is 0.448 e. The molecule has 1 saturated heterocycles. The number of carbonyl (C=O) groups is 1. The Morgan fingerprint density at radius 1 is 1.29 bits per heavy atom. The van der Waals surface area contributed by atoms with Crippen LogP contribution in [0.25, 0.3) is 11.1 Å². The lowest BCUT2D eigenvalue weighted by Gasteiger charge is -2.19. The quantitative estimate of drug-likeness (QED) is 0.917. The number of halogens is 1. The first kappa shape index (κ1) is 16.5. The molecule has 0 unspecified atom stereocenters. The monoisotopic (exact) mass is 328 g/mol. The summed E-state index contributed by atoms with van der Waals surface area (Å²) in [6, 6.07) is 13.9. The van der Waals surface area contributed by atoms with Gasteiger partial charge in [0.05, 0.1) is 5.69 Å². The molecule has 1 aliphatic heterocycles. The highest BCUT2D eigenvalue weighted by Gasteiger charge is 2.22. The van der Waals surface area contributed by atoms with E-state index in [0.717, 1.165) is 24.9 Å². The molecule has 0 bridgehead atoms. The molecule has 126 valence electrons. The first-order valence-electron chi connectivity index (χ1n) is 8.12. The summed E-state index contributed by atoms with van der Waals surface area (Å²) >= 11 is 0. The number of hydrogen-bond donors (Lipinski definition) is 1. The van der Waals surface area contributed by atoms with Crippen LogP contribution in [0.15, 0.2) is 48.5 Å². The number of ether oxygens (including phenoxy) is 1. The highest BCUT2D eigenvalue weighted by molar-refractivity contribution is 5.91. The van der Waals surface area contributed by atoms with E-state index in [-0.39, 0.29) is 11.9 Å². The van der Waals surface area contributed by atoms with Crippen LogP contribution in [0.1, 0.15) is 12.8 Å². The lowest BCUT2D eigenvalue weighted by molar-refractivity contribution is 0.127. The molecule has 2 aromatic rings. The number of nitrogens with one attached hydrogen (secondary N) is 1. The topological polar surface area (TPSA) is 41.6 Å². The predicted octanol–water partition coefficient (Wildman–Crippen LogP) is 4.14. The van der Waals surface area contributed by atoms with Crippen molar-refractivity contribution in [3.63, 3.8) is 0 Å². The zero-order valence-corrected chi connectivity index (χ0v) is 13.7. The van der Waals surface area contributed by atoms with Crippen molar-refractivity contribution in [3.05, 3.63) is 54.3 Å². The second-order valence-corrected chi connectivity index (χ2v) is 6.06. The number of nitrogens with zero attached hydrogens (tertiary/aromatic N) is 1. The maximum Gasteiger partial charge on any atom is 0.411 e. The van der Waals surface area contributed by atoms with E-state index in [0.29, 0.717) is 17.9 Å². The molecular weight excluding hydrogens is 307 g/mol. The fraction of sp³-hybridized carbons (Fsp3) is 0.316. The lowest BCUT2D eigenvalue weighted by atomic mass is 10.0. The maximum atomic E-state index is 13.5. The van der Waals surface area contributed by atoms with Crippen molar-refractivity contribution in [1.29, 1.82) is 0 Å². The molecule has 1 aliphatic rings. The van der Waals surface area contributed by atoms with Crippen LogP contribution in [-0.4, -0.2) is 37.2 Å². The number of rotatable bonds is 4. The molecule has 1 atom stereocenters. The Labute approximate surface area is 141 Å². The van der Waals surface area contributed by atoms with E-state index in [1.54, 1.807) is 12.1 Å². The molecule has 1 N–H and O–H groups in total. The van der Waals surface area contributed by atoms with Crippen LogP contribution in [0.4, 0.5) is 14.9 Å². The van der Waals surface area contributed by atoms with Crippen LogP contribution in [-0.2, 0) is 4.74 Å². The molecule has 5 heteroatoms. The van der Waals surface area contributed by atoms with E-state index in [1.165, 1.54) is 12.1 Å². The number of anilines is 1. The summed E-state index contributed by atoms with van der Waals surface area (Å²) < 4.78 is 18.8.